The van der Waals surface area contributed by atoms with E-state index in [1.807, 2.05) is 42.3 Å². The van der Waals surface area contributed by atoms with Crippen molar-refractivity contribution < 1.29 is 14.3 Å². The number of ether oxygens (including phenoxy) is 2. The first kappa shape index (κ1) is 23.0. The molecule has 0 radical (unpaired) electrons. The van der Waals surface area contributed by atoms with Gasteiger partial charge in [0.2, 0.25) is 5.91 Å². The molecule has 1 saturated heterocycles. The number of carbonyl (C=O) groups is 1. The summed E-state index contributed by atoms with van der Waals surface area (Å²) >= 11 is 0. The molecule has 1 aliphatic heterocycles. The fraction of sp³-hybridized carbons (Fsp3) is 0.619. The first-order chi connectivity index (χ1) is 14.1. The highest BCUT2D eigenvalue weighted by Crippen LogP contribution is 2.07. The first-order valence-electron chi connectivity index (χ1n) is 10.2. The Hall–Kier alpha value is -2.32. The van der Waals surface area contributed by atoms with Crippen molar-refractivity contribution in [2.24, 2.45) is 4.99 Å². The van der Waals surface area contributed by atoms with Gasteiger partial charge >= 0.3 is 0 Å². The molecule has 8 heteroatoms. The van der Waals surface area contributed by atoms with Crippen LogP contribution in [-0.2, 0) is 9.53 Å². The molecule has 0 saturated carbocycles. The lowest BCUT2D eigenvalue weighted by molar-refractivity contribution is -0.127. The third kappa shape index (κ3) is 9.15. The number of likely N-dealkylation sites (N-methyl/N-ethyl adjacent to an activating group) is 2. The molecule has 1 amide bonds. The van der Waals surface area contributed by atoms with Gasteiger partial charge in [0.1, 0.15) is 18.9 Å². The number of amides is 1. The summed E-state index contributed by atoms with van der Waals surface area (Å²) in [4.78, 5) is 22.4. The predicted octanol–water partition coefficient (Wildman–Crippen LogP) is 0.753. The van der Waals surface area contributed by atoms with Gasteiger partial charge in [0.15, 0.2) is 5.96 Å². The maximum absolute atomic E-state index is 11.9. The minimum Gasteiger partial charge on any atom is -0.492 e. The highest BCUT2D eigenvalue weighted by atomic mass is 16.5. The van der Waals surface area contributed by atoms with Crippen molar-refractivity contribution in [2.75, 3.05) is 80.2 Å². The molecule has 0 spiro atoms. The second-order valence-corrected chi connectivity index (χ2v) is 7.25. The van der Waals surface area contributed by atoms with E-state index in [1.165, 1.54) is 0 Å². The smallest absolute Gasteiger partial charge is 0.243 e. The summed E-state index contributed by atoms with van der Waals surface area (Å²) < 4.78 is 11.2. The van der Waals surface area contributed by atoms with E-state index in [4.69, 9.17) is 9.47 Å². The number of benzene rings is 1. The molecule has 1 aromatic rings. The van der Waals surface area contributed by atoms with Gasteiger partial charge in [0.05, 0.1) is 19.8 Å². The maximum Gasteiger partial charge on any atom is 0.243 e. The summed E-state index contributed by atoms with van der Waals surface area (Å²) in [5.74, 6) is 1.55. The Morgan fingerprint density at radius 3 is 2.62 bits per heavy atom. The normalized spacial score (nSPS) is 15.1. The zero-order valence-electron chi connectivity index (χ0n) is 18.0. The van der Waals surface area contributed by atoms with Crippen LogP contribution in [0.4, 0.5) is 0 Å². The van der Waals surface area contributed by atoms with Crippen molar-refractivity contribution in [2.45, 2.75) is 6.42 Å². The van der Waals surface area contributed by atoms with E-state index in [0.29, 0.717) is 13.2 Å². The van der Waals surface area contributed by atoms with Gasteiger partial charge < -0.3 is 24.6 Å². The summed E-state index contributed by atoms with van der Waals surface area (Å²) in [6.07, 6.45) is 1.01. The van der Waals surface area contributed by atoms with Crippen LogP contribution >= 0.6 is 0 Å². The number of aliphatic imine (C=N–C) groups is 1. The highest BCUT2D eigenvalue weighted by Gasteiger charge is 2.11. The molecule has 0 aliphatic carbocycles. The van der Waals surface area contributed by atoms with Crippen molar-refractivity contribution in [3.8, 4) is 5.75 Å². The summed E-state index contributed by atoms with van der Waals surface area (Å²) in [6, 6.07) is 9.75. The summed E-state index contributed by atoms with van der Waals surface area (Å²) in [5, 5.41) is 3.39. The van der Waals surface area contributed by atoms with Gasteiger partial charge in [0, 0.05) is 40.8 Å². The third-order valence-electron chi connectivity index (χ3n) is 4.70. The molecule has 0 unspecified atom stereocenters. The van der Waals surface area contributed by atoms with Crippen LogP contribution < -0.4 is 10.1 Å². The van der Waals surface area contributed by atoms with E-state index in [2.05, 4.69) is 15.2 Å². The molecule has 1 heterocycles. The molecule has 8 nitrogen and oxygen atoms in total. The van der Waals surface area contributed by atoms with Gasteiger partial charge in [-0.1, -0.05) is 18.2 Å². The number of nitrogens with one attached hydrogen (secondary N) is 1. The third-order valence-corrected chi connectivity index (χ3v) is 4.70. The van der Waals surface area contributed by atoms with Crippen molar-refractivity contribution in [3.05, 3.63) is 30.3 Å². The Morgan fingerprint density at radius 2 is 1.93 bits per heavy atom. The molecular formula is C21H35N5O3. The van der Waals surface area contributed by atoms with Gasteiger partial charge in [-0.3, -0.25) is 9.69 Å². The van der Waals surface area contributed by atoms with Gasteiger partial charge in [-0.25, -0.2) is 4.99 Å². The highest BCUT2D eigenvalue weighted by molar-refractivity contribution is 5.84. The number of morpholine rings is 1. The van der Waals surface area contributed by atoms with Crippen LogP contribution in [0.15, 0.2) is 35.3 Å². The SMILES string of the molecule is CN(C)C(=O)CN=C(NCCCN1CCOCC1)N(C)CCOc1ccccc1. The lowest BCUT2D eigenvalue weighted by atomic mass is 10.3. The molecular weight excluding hydrogens is 370 g/mol. The molecule has 162 valence electrons. The molecule has 29 heavy (non-hydrogen) atoms. The monoisotopic (exact) mass is 405 g/mol. The van der Waals surface area contributed by atoms with Crippen LogP contribution in [0.25, 0.3) is 0 Å². The van der Waals surface area contributed by atoms with Gasteiger partial charge in [-0.15, -0.1) is 0 Å². The number of carbonyl (C=O) groups excluding carboxylic acids is 1. The standard InChI is InChI=1S/C21H35N5O3/c1-24(2)20(27)18-23-21(22-10-7-11-26-13-15-28-16-14-26)25(3)12-17-29-19-8-5-4-6-9-19/h4-6,8-9H,7,10-18H2,1-3H3,(H,22,23). The average molecular weight is 406 g/mol. The van der Waals surface area contributed by atoms with E-state index in [1.54, 1.807) is 19.0 Å². The van der Waals surface area contributed by atoms with E-state index in [9.17, 15) is 4.79 Å². The molecule has 0 aromatic heterocycles. The Morgan fingerprint density at radius 1 is 1.21 bits per heavy atom. The number of para-hydroxylation sites is 1. The number of nitrogens with zero attached hydrogens (tertiary/aromatic N) is 4. The summed E-state index contributed by atoms with van der Waals surface area (Å²) in [7, 11) is 5.44. The van der Waals surface area contributed by atoms with Crippen molar-refractivity contribution >= 4 is 11.9 Å². The zero-order valence-corrected chi connectivity index (χ0v) is 18.0. The summed E-state index contributed by atoms with van der Waals surface area (Å²) in [6.45, 7) is 6.79. The van der Waals surface area contributed by atoms with Crippen molar-refractivity contribution in [3.63, 3.8) is 0 Å². The van der Waals surface area contributed by atoms with Crippen LogP contribution in [0, 0.1) is 0 Å². The van der Waals surface area contributed by atoms with Crippen LogP contribution in [0.3, 0.4) is 0 Å². The minimum absolute atomic E-state index is 0.0217. The Kier molecular flexibility index (Phi) is 10.3. The lowest BCUT2D eigenvalue weighted by Gasteiger charge is -2.27. The van der Waals surface area contributed by atoms with Crippen LogP contribution in [0.1, 0.15) is 6.42 Å². The molecule has 1 aromatic carbocycles. The van der Waals surface area contributed by atoms with Crippen LogP contribution in [-0.4, -0.2) is 107 Å². The fourth-order valence-electron chi connectivity index (χ4n) is 2.85. The topological polar surface area (TPSA) is 69.6 Å². The van der Waals surface area contributed by atoms with Gasteiger partial charge in [-0.05, 0) is 25.1 Å². The molecule has 2 rings (SSSR count). The van der Waals surface area contributed by atoms with E-state index in [0.717, 1.165) is 57.5 Å². The molecule has 1 N–H and O–H groups in total. The van der Waals surface area contributed by atoms with E-state index >= 15 is 0 Å². The Balaban J connectivity index is 1.80. The van der Waals surface area contributed by atoms with Crippen molar-refractivity contribution in [1.29, 1.82) is 0 Å². The average Bonchev–Trinajstić information content (AvgIpc) is 2.74. The molecule has 0 atom stereocenters. The number of guanidine groups is 1. The number of hydrogen-bond acceptors (Lipinski definition) is 5. The summed E-state index contributed by atoms with van der Waals surface area (Å²) in [5.41, 5.74) is 0. The van der Waals surface area contributed by atoms with Crippen LogP contribution in [0.2, 0.25) is 0 Å². The fourth-order valence-corrected chi connectivity index (χ4v) is 2.85. The first-order valence-corrected chi connectivity index (χ1v) is 10.2. The van der Waals surface area contributed by atoms with Crippen molar-refractivity contribution in [1.82, 2.24) is 20.0 Å². The largest absolute Gasteiger partial charge is 0.492 e. The number of hydrogen-bond donors (Lipinski definition) is 1. The molecule has 1 aliphatic rings. The maximum atomic E-state index is 11.9. The quantitative estimate of drug-likeness (QED) is 0.352. The second kappa shape index (κ2) is 13.0. The Bertz CT molecular complexity index is 618. The van der Waals surface area contributed by atoms with E-state index < -0.39 is 0 Å². The minimum atomic E-state index is -0.0217. The van der Waals surface area contributed by atoms with Crippen LogP contribution in [0.5, 0.6) is 5.75 Å². The van der Waals surface area contributed by atoms with Gasteiger partial charge in [0.25, 0.3) is 0 Å². The zero-order chi connectivity index (χ0) is 20.9. The van der Waals surface area contributed by atoms with E-state index in [-0.39, 0.29) is 12.5 Å². The second-order valence-electron chi connectivity index (χ2n) is 7.25. The molecule has 1 fully saturated rings. The predicted molar refractivity (Wildman–Crippen MR) is 115 cm³/mol. The van der Waals surface area contributed by atoms with Gasteiger partial charge in [-0.2, -0.15) is 0 Å². The lowest BCUT2D eigenvalue weighted by Crippen LogP contribution is -2.43. The number of rotatable bonds is 10. The molecule has 0 bridgehead atoms. The Labute approximate surface area is 174 Å².